The van der Waals surface area contributed by atoms with Gasteiger partial charge in [-0.05, 0) is 253 Å². The van der Waals surface area contributed by atoms with Gasteiger partial charge in [-0.2, -0.15) is 18.2 Å². The largest absolute Gasteiger partial charge is 2.00 e. The van der Waals surface area contributed by atoms with Crippen LogP contribution in [0.4, 0.5) is 0 Å². The molecule has 28 nitrogen and oxygen atoms in total. The Bertz CT molecular complexity index is 4870. The number of thiophene rings is 1. The first kappa shape index (κ1) is 155. The standard InChI is InChI=1S/C17H25BrN2O4SSi.C15H22O4.C13H20O3.C12H16O4.C12H14O4.C8H9BrO.C8H9O.C4H5ClO3.2C4H8O.C3H7I.C2H4Br2.Al.B.BrH.Li.Mg.Na.5H/c1-9-10-12(25-11(9)18)19-15(23)20(13(10)21)17(5,6)14(22)24-26(7,8)16(2,3)4;1-5-17-13-10-8-7-9-12(13)14(19-11(3)4)15(16)18-6-2;1-4-15-12-8-6-5-7-11(12)13(9-14)16-10(2)3;2*1-3-15-10-8-6-5-7-9(10)11(13)12(14)16-4-2;1-2-10-8-6-4-3-5-7(8)9;1-2-9-8-6-4-3-5-7-8;1-2-8-4(7)3(5)6;2*1-2-4-5-3-1;1-3(2)4;3-1-2-4;;;;;;;;;;;/h1-8H3,(H,19,23);7-11,14H,5-6H2,1-4H3;5-8,10,13-14H,4,9H2,1-3H3;5-8,11,13H,3-4H2,1-2H3;5-8H,3-4H2,1-2H3;3-6H,2H2,1H3;3-6H,2H2,1H3;2H2,1H3;2*1-4H2;3H,1-2H3;1-2H2;;;1H;;;;;;;;/q;;;;;;-1;;;;;;;;;+1;+2;+1;;;;2*-1/p-1/t;;13-;;;;;;;;;;;;;;;;;;;;/m..0..................../s1. The Hall–Kier alpha value is -4.19. The van der Waals surface area contributed by atoms with Gasteiger partial charge < -0.3 is 101 Å². The number of nitrogens with zero attached hydrogens (tertiary/aromatic N) is 1. The van der Waals surface area contributed by atoms with Crippen molar-refractivity contribution in [1.29, 1.82) is 0 Å². The number of aromatic nitrogens is 2. The Labute approximate surface area is 988 Å². The van der Waals surface area contributed by atoms with Gasteiger partial charge in [0.15, 0.2) is 29.6 Å². The molecule has 0 bridgehead atoms. The number of para-hydroxylation sites is 6. The molecule has 2 aromatic heterocycles. The van der Waals surface area contributed by atoms with Gasteiger partial charge in [0.25, 0.3) is 19.7 Å². The summed E-state index contributed by atoms with van der Waals surface area (Å²) in [5, 5.41) is 20.4. The minimum absolute atomic E-state index is 0. The number of H-pyrrole nitrogens is 1. The smallest absolute Gasteiger partial charge is 1.00 e. The number of aromatic amines is 1. The molecule has 0 amide bonds. The molecule has 4 heterocycles. The summed E-state index contributed by atoms with van der Waals surface area (Å²) in [6.45, 7) is 53.4. The number of rotatable bonds is 33. The maximum absolute atomic E-state index is 13.0. The van der Waals surface area contributed by atoms with Crippen molar-refractivity contribution in [3.8, 4) is 34.5 Å². The molecular formula is C102H152AlBBr5ClILiMgN2NaO26SSi. The molecule has 8 aromatic rings. The summed E-state index contributed by atoms with van der Waals surface area (Å²) in [6, 6.07) is 46.9. The fraction of sp³-hybridized carbons (Fsp3) is 0.520. The van der Waals surface area contributed by atoms with Crippen LogP contribution in [0.25, 0.3) is 10.2 Å². The Morgan fingerprint density at radius 1 is 0.562 bits per heavy atom. The van der Waals surface area contributed by atoms with E-state index >= 15 is 0 Å². The predicted octanol–water partition coefficient (Wildman–Crippen LogP) is 12.8. The normalized spacial score (nSPS) is 11.6. The number of benzene rings is 6. The van der Waals surface area contributed by atoms with E-state index in [-0.39, 0.29) is 178 Å². The number of carbonyl (C=O) groups is 7. The summed E-state index contributed by atoms with van der Waals surface area (Å²) in [5.74, 6) is -0.0530. The molecule has 3 atom stereocenters. The number of aliphatic hydroxyl groups excluding tert-OH is 2. The Balaban J connectivity index is -0.000000178. The van der Waals surface area contributed by atoms with Gasteiger partial charge in [-0.15, -0.1) is 23.5 Å². The van der Waals surface area contributed by atoms with E-state index in [0.29, 0.717) is 84.8 Å². The second-order valence-electron chi connectivity index (χ2n) is 31.3. The molecule has 0 aliphatic carbocycles. The average molecular weight is 2540 g/mol. The fourth-order valence-electron chi connectivity index (χ4n) is 10.7. The quantitative estimate of drug-likeness (QED) is 0.00396. The number of ether oxygens (including phenoxy) is 14. The van der Waals surface area contributed by atoms with Crippen molar-refractivity contribution in [3.05, 3.63) is 209 Å². The van der Waals surface area contributed by atoms with Crippen molar-refractivity contribution in [2.75, 3.05) is 110 Å². The molecule has 6 aromatic carbocycles. The summed E-state index contributed by atoms with van der Waals surface area (Å²) < 4.78 is 81.4. The first-order valence-corrected chi connectivity index (χ1v) is 55.0. The first-order chi connectivity index (χ1) is 65.4. The van der Waals surface area contributed by atoms with Crippen molar-refractivity contribution < 1.29 is 183 Å². The number of fused-ring (bicyclic) bond motifs is 1. The molecule has 2 unspecified atom stereocenters. The number of aryl methyl sites for hydroxylation is 1. The van der Waals surface area contributed by atoms with Gasteiger partial charge in [0, 0.05) is 71.9 Å². The maximum atomic E-state index is 13.0. The number of hydrogen-bond donors (Lipinski definition) is 3. The summed E-state index contributed by atoms with van der Waals surface area (Å²) in [4.78, 5) is 108. The summed E-state index contributed by atoms with van der Waals surface area (Å²) >= 11 is 21.5. The SMILES string of the molecule is BrCCBr.C1CCOC1.C1CCOC1.CC(C)I.CCOC(=O)C(=O)Cl.CCOC(=O)C(=O)c1ccccc1OCC.CCOC(=O)C(O)c1ccccc1OCC.CCOC(=O)C(OC(C)C)c1ccccc1OCC.CCOc1[c-]cccc1.CCOc1ccccc1Br.CCOc1ccccc1[C@H](CO)OC(C)C.Cc1c(Br)sc2[nH]c(=O)n(C(C)(C)C(=O)O[Si](C)(C)C(C)(C)C)c(=O)c12.[AlH3].[B].[Br-].[H-].[H-].[Li+].[Mg+2].[Na+]. The topological polar surface area (TPSA) is 353 Å². The van der Waals surface area contributed by atoms with Crippen LogP contribution in [0.3, 0.4) is 0 Å². The van der Waals surface area contributed by atoms with E-state index in [2.05, 4.69) is 121 Å². The van der Waals surface area contributed by atoms with E-state index < -0.39 is 72.2 Å². The second kappa shape index (κ2) is 91.4. The Morgan fingerprint density at radius 2 is 0.944 bits per heavy atom. The van der Waals surface area contributed by atoms with Crippen LogP contribution < -0.4 is 105 Å². The van der Waals surface area contributed by atoms with E-state index in [1.807, 2.05) is 200 Å². The van der Waals surface area contributed by atoms with E-state index in [1.54, 1.807) is 97.0 Å². The predicted molar refractivity (Wildman–Crippen MR) is 596 cm³/mol. The molecule has 3 N–H and O–H groups in total. The number of alkyl halides is 3. The van der Waals surface area contributed by atoms with Crippen LogP contribution in [0.1, 0.15) is 225 Å². The molecule has 795 valence electrons. The Kier molecular flexibility index (Phi) is 98.4. The number of halogens is 7. The van der Waals surface area contributed by atoms with Gasteiger partial charge in [0.2, 0.25) is 0 Å². The number of ketones is 1. The number of carbonyl (C=O) groups excluding carboxylic acids is 7. The van der Waals surface area contributed by atoms with Crippen molar-refractivity contribution in [3.63, 3.8) is 0 Å². The summed E-state index contributed by atoms with van der Waals surface area (Å²) in [7, 11) is -2.39. The molecule has 3 radical (unpaired) electrons. The third-order valence-electron chi connectivity index (χ3n) is 17.9. The Morgan fingerprint density at radius 3 is 1.33 bits per heavy atom. The van der Waals surface area contributed by atoms with E-state index in [1.165, 1.54) is 37.0 Å². The van der Waals surface area contributed by atoms with Crippen LogP contribution in [0.15, 0.2) is 163 Å². The third-order valence-corrected chi connectivity index (χ3v) is 27.0. The second-order valence-corrected chi connectivity index (χ2v) is 43.6. The van der Waals surface area contributed by atoms with Gasteiger partial charge in [0.05, 0.1) is 104 Å². The van der Waals surface area contributed by atoms with Crippen LogP contribution in [0, 0.1) is 13.0 Å². The molecule has 10 rings (SSSR count). The monoisotopic (exact) mass is 2530 g/mol. The van der Waals surface area contributed by atoms with Crippen LogP contribution >= 0.6 is 109 Å². The minimum atomic E-state index is -2.39. The van der Waals surface area contributed by atoms with Gasteiger partial charge in [-0.3, -0.25) is 24.2 Å². The van der Waals surface area contributed by atoms with Crippen molar-refractivity contribution in [2.24, 2.45) is 0 Å². The molecule has 144 heavy (non-hydrogen) atoms. The van der Waals surface area contributed by atoms with E-state index in [9.17, 15) is 53.4 Å². The third kappa shape index (κ3) is 64.6. The maximum Gasteiger partial charge on any atom is 2.00 e. The van der Waals surface area contributed by atoms with Crippen molar-refractivity contribution in [1.82, 2.24) is 9.55 Å². The number of esters is 4. The van der Waals surface area contributed by atoms with Gasteiger partial charge in [0.1, 0.15) is 45.2 Å². The van der Waals surface area contributed by atoms with E-state index in [0.717, 1.165) is 82.2 Å². The number of nitrogens with one attached hydrogen (secondary N) is 1. The van der Waals surface area contributed by atoms with Gasteiger partial charge >= 0.3 is 112 Å². The average Bonchev–Trinajstić information content (AvgIpc) is 1.55. The van der Waals surface area contributed by atoms with E-state index in [4.69, 9.17) is 72.9 Å². The molecule has 2 fully saturated rings. The zero-order chi connectivity index (χ0) is 105. The molecule has 2 saturated heterocycles. The van der Waals surface area contributed by atoms with Crippen LogP contribution in [-0.2, 0) is 76.6 Å². The number of hydrogen-bond acceptors (Lipinski definition) is 27. The molecule has 2 aliphatic rings. The molecular weight excluding hydrogens is 2380 g/mol. The van der Waals surface area contributed by atoms with Crippen LogP contribution in [0.2, 0.25) is 18.1 Å². The zero-order valence-electron chi connectivity index (χ0n) is 90.1. The minimum Gasteiger partial charge on any atom is -1.00 e. The van der Waals surface area contributed by atoms with Gasteiger partial charge in [-0.25, -0.2) is 28.5 Å². The summed E-state index contributed by atoms with van der Waals surface area (Å²) in [5.41, 5.74) is 0.500. The zero-order valence-corrected chi connectivity index (χ0v) is 104. The van der Waals surface area contributed by atoms with Crippen molar-refractivity contribution in [2.45, 2.75) is 236 Å². The van der Waals surface area contributed by atoms with Crippen LogP contribution in [0.5, 0.6) is 34.5 Å². The molecule has 0 spiro atoms. The van der Waals surface area contributed by atoms with Crippen LogP contribution in [-0.4, -0.2) is 244 Å². The fourth-order valence-corrected chi connectivity index (χ4v) is 13.8. The number of Topliss-reactive ketones (excluding diaryl/α,β-unsaturated/α-hetero) is 1. The van der Waals surface area contributed by atoms with Crippen molar-refractivity contribution >= 4 is 217 Å². The number of aliphatic hydroxyl groups is 2. The summed E-state index contributed by atoms with van der Waals surface area (Å²) in [6.07, 6.45) is 2.75. The molecule has 0 saturated carbocycles. The van der Waals surface area contributed by atoms with Gasteiger partial charge in [-0.1, -0.05) is 168 Å². The molecule has 2 aliphatic heterocycles. The molecule has 42 heteroatoms. The first-order valence-electron chi connectivity index (χ1n) is 45.8.